The number of halogens is 3. The second-order valence-electron chi connectivity index (χ2n) is 7.10. The largest absolute Gasteiger partial charge is 0.397 e. The minimum absolute atomic E-state index is 0. The molecule has 0 aromatic heterocycles. The standard InChI is InChI=1S/C10H11F3.C10H14.CH4/c1-9(2,10(11,12)13)8-6-4-3-5-7-8;1-10(2,3)9-7-5-4-6-8-9;/h3-7H,1-2H3;4-8H,1-3H3;1H4. The second kappa shape index (κ2) is 8.36. The van der Waals surface area contributed by atoms with Crippen molar-refractivity contribution in [2.45, 2.75) is 59.1 Å². The van der Waals surface area contributed by atoms with Crippen LogP contribution in [0.5, 0.6) is 0 Å². The molecule has 0 amide bonds. The lowest BCUT2D eigenvalue weighted by molar-refractivity contribution is -0.180. The first-order valence-corrected chi connectivity index (χ1v) is 7.64. The molecular weight excluding hydrogens is 309 g/mol. The minimum Gasteiger partial charge on any atom is -0.170 e. The van der Waals surface area contributed by atoms with E-state index in [4.69, 9.17) is 0 Å². The molecule has 0 nitrogen and oxygen atoms in total. The quantitative estimate of drug-likeness (QED) is 0.518. The Hall–Kier alpha value is -1.77. The van der Waals surface area contributed by atoms with Gasteiger partial charge in [-0.25, -0.2) is 0 Å². The Balaban J connectivity index is 0.000000436. The van der Waals surface area contributed by atoms with Crippen LogP contribution in [-0.2, 0) is 10.8 Å². The van der Waals surface area contributed by atoms with Crippen LogP contribution < -0.4 is 0 Å². The summed E-state index contributed by atoms with van der Waals surface area (Å²) in [5, 5.41) is 0. The summed E-state index contributed by atoms with van der Waals surface area (Å²) in [6.45, 7) is 9.04. The van der Waals surface area contributed by atoms with E-state index in [0.717, 1.165) is 0 Å². The van der Waals surface area contributed by atoms with Crippen molar-refractivity contribution < 1.29 is 13.2 Å². The molecule has 24 heavy (non-hydrogen) atoms. The third kappa shape index (κ3) is 6.03. The van der Waals surface area contributed by atoms with Crippen LogP contribution in [0, 0.1) is 0 Å². The lowest BCUT2D eigenvalue weighted by Crippen LogP contribution is -2.36. The van der Waals surface area contributed by atoms with Crippen LogP contribution in [0.4, 0.5) is 13.2 Å². The third-order valence-electron chi connectivity index (χ3n) is 3.84. The average Bonchev–Trinajstić information content (AvgIpc) is 2.48. The fourth-order valence-corrected chi connectivity index (χ4v) is 1.96. The van der Waals surface area contributed by atoms with E-state index in [1.165, 1.54) is 31.5 Å². The molecule has 0 unspecified atom stereocenters. The number of hydrogen-bond donors (Lipinski definition) is 0. The zero-order chi connectivity index (χ0) is 17.7. The lowest BCUT2D eigenvalue weighted by Gasteiger charge is -2.28. The van der Waals surface area contributed by atoms with Crippen LogP contribution >= 0.6 is 0 Å². The summed E-state index contributed by atoms with van der Waals surface area (Å²) >= 11 is 0. The zero-order valence-corrected chi connectivity index (χ0v) is 14.4. The van der Waals surface area contributed by atoms with Gasteiger partial charge in [-0.2, -0.15) is 13.2 Å². The van der Waals surface area contributed by atoms with Gasteiger partial charge in [0, 0.05) is 0 Å². The molecule has 0 fully saturated rings. The first kappa shape index (κ1) is 22.2. The average molecular weight is 338 g/mol. The lowest BCUT2D eigenvalue weighted by atomic mass is 9.84. The van der Waals surface area contributed by atoms with E-state index in [2.05, 4.69) is 51.1 Å². The fraction of sp³-hybridized carbons (Fsp3) is 0.429. The van der Waals surface area contributed by atoms with E-state index in [1.807, 2.05) is 0 Å². The van der Waals surface area contributed by atoms with E-state index in [9.17, 15) is 13.2 Å². The zero-order valence-electron chi connectivity index (χ0n) is 14.4. The Morgan fingerprint density at radius 3 is 1.17 bits per heavy atom. The first-order valence-electron chi connectivity index (χ1n) is 7.64. The van der Waals surface area contributed by atoms with Crippen LogP contribution in [0.2, 0.25) is 0 Å². The molecule has 0 saturated carbocycles. The monoisotopic (exact) mass is 338 g/mol. The van der Waals surface area contributed by atoms with E-state index < -0.39 is 11.6 Å². The summed E-state index contributed by atoms with van der Waals surface area (Å²) in [6.07, 6.45) is -4.20. The van der Waals surface area contributed by atoms with Crippen molar-refractivity contribution >= 4 is 0 Å². The van der Waals surface area contributed by atoms with Gasteiger partial charge in [-0.1, -0.05) is 88.9 Å². The van der Waals surface area contributed by atoms with Crippen molar-refractivity contribution in [1.29, 1.82) is 0 Å². The maximum Gasteiger partial charge on any atom is 0.397 e. The first-order chi connectivity index (χ1) is 10.5. The van der Waals surface area contributed by atoms with Crippen molar-refractivity contribution in [2.24, 2.45) is 0 Å². The Morgan fingerprint density at radius 2 is 0.917 bits per heavy atom. The normalized spacial score (nSPS) is 11.8. The van der Waals surface area contributed by atoms with Gasteiger partial charge in [0.1, 0.15) is 0 Å². The summed E-state index contributed by atoms with van der Waals surface area (Å²) in [5.41, 5.74) is 0.215. The number of alkyl halides is 3. The maximum absolute atomic E-state index is 12.5. The van der Waals surface area contributed by atoms with Gasteiger partial charge in [0.15, 0.2) is 0 Å². The van der Waals surface area contributed by atoms with Crippen LogP contribution in [0.3, 0.4) is 0 Å². The highest BCUT2D eigenvalue weighted by atomic mass is 19.4. The number of hydrogen-bond acceptors (Lipinski definition) is 0. The van der Waals surface area contributed by atoms with Gasteiger partial charge in [-0.3, -0.25) is 0 Å². The minimum atomic E-state index is -4.20. The highest BCUT2D eigenvalue weighted by molar-refractivity contribution is 5.25. The molecule has 134 valence electrons. The molecule has 0 aliphatic rings. The van der Waals surface area contributed by atoms with Crippen molar-refractivity contribution in [3.63, 3.8) is 0 Å². The molecule has 2 rings (SSSR count). The van der Waals surface area contributed by atoms with Crippen molar-refractivity contribution in [2.75, 3.05) is 0 Å². The Morgan fingerprint density at radius 1 is 0.583 bits per heavy atom. The molecule has 2 aromatic carbocycles. The van der Waals surface area contributed by atoms with Crippen molar-refractivity contribution in [3.8, 4) is 0 Å². The van der Waals surface area contributed by atoms with Crippen LogP contribution in [0.25, 0.3) is 0 Å². The SMILES string of the molecule is C.CC(C)(C)c1ccccc1.CC(C)(c1ccccc1)C(F)(F)F. The van der Waals surface area contributed by atoms with Crippen LogP contribution in [0.1, 0.15) is 53.2 Å². The molecule has 0 atom stereocenters. The predicted molar refractivity (Wildman–Crippen MR) is 97.4 cm³/mol. The second-order valence-corrected chi connectivity index (χ2v) is 7.10. The van der Waals surface area contributed by atoms with E-state index in [-0.39, 0.29) is 7.43 Å². The van der Waals surface area contributed by atoms with Crippen LogP contribution in [-0.4, -0.2) is 6.18 Å². The van der Waals surface area contributed by atoms with Gasteiger partial charge in [-0.05, 0) is 30.4 Å². The predicted octanol–water partition coefficient (Wildman–Crippen LogP) is 7.15. The molecule has 2 aromatic rings. The molecule has 3 heteroatoms. The molecule has 0 N–H and O–H groups in total. The molecule has 0 radical (unpaired) electrons. The van der Waals surface area contributed by atoms with Gasteiger partial charge in [0.25, 0.3) is 0 Å². The highest BCUT2D eigenvalue weighted by Crippen LogP contribution is 2.39. The Bertz CT molecular complexity index is 576. The smallest absolute Gasteiger partial charge is 0.170 e. The van der Waals surface area contributed by atoms with Crippen LogP contribution in [0.15, 0.2) is 60.7 Å². The third-order valence-corrected chi connectivity index (χ3v) is 3.84. The summed E-state index contributed by atoms with van der Waals surface area (Å²) in [5.74, 6) is 0. The van der Waals surface area contributed by atoms with Gasteiger partial charge in [0.05, 0.1) is 5.41 Å². The topological polar surface area (TPSA) is 0 Å². The summed E-state index contributed by atoms with van der Waals surface area (Å²) in [6, 6.07) is 18.5. The summed E-state index contributed by atoms with van der Waals surface area (Å²) in [4.78, 5) is 0. The van der Waals surface area contributed by atoms with Crippen molar-refractivity contribution in [3.05, 3.63) is 71.8 Å². The molecule has 0 bridgehead atoms. The molecule has 0 heterocycles. The van der Waals surface area contributed by atoms with Gasteiger partial charge >= 0.3 is 6.18 Å². The maximum atomic E-state index is 12.5. The van der Waals surface area contributed by atoms with Gasteiger partial charge in [-0.15, -0.1) is 0 Å². The highest BCUT2D eigenvalue weighted by Gasteiger charge is 2.48. The molecule has 0 saturated heterocycles. The van der Waals surface area contributed by atoms with Crippen molar-refractivity contribution in [1.82, 2.24) is 0 Å². The fourth-order valence-electron chi connectivity index (χ4n) is 1.96. The van der Waals surface area contributed by atoms with Gasteiger partial charge < -0.3 is 0 Å². The van der Waals surface area contributed by atoms with E-state index >= 15 is 0 Å². The summed E-state index contributed by atoms with van der Waals surface area (Å²) in [7, 11) is 0. The van der Waals surface area contributed by atoms with E-state index in [0.29, 0.717) is 11.0 Å². The van der Waals surface area contributed by atoms with Gasteiger partial charge in [0.2, 0.25) is 0 Å². The van der Waals surface area contributed by atoms with E-state index in [1.54, 1.807) is 18.2 Å². The number of rotatable bonds is 1. The molecule has 0 spiro atoms. The molecular formula is C21H29F3. The summed E-state index contributed by atoms with van der Waals surface area (Å²) < 4.78 is 37.6. The number of benzene rings is 2. The molecule has 0 aliphatic carbocycles. The Labute approximate surface area is 144 Å². The molecule has 0 aliphatic heterocycles. The Kier molecular flexibility index (Phi) is 7.75.